The Morgan fingerprint density at radius 3 is 3.04 bits per heavy atom. The first-order valence-electron chi connectivity index (χ1n) is 9.93. The summed E-state index contributed by atoms with van der Waals surface area (Å²) < 4.78 is 7.36. The molecule has 1 saturated heterocycles. The third kappa shape index (κ3) is 3.67. The molecule has 1 unspecified atom stereocenters. The molecule has 4 rings (SSSR count). The Balaban J connectivity index is 1.52. The maximum atomic E-state index is 13.1. The second kappa shape index (κ2) is 8.14. The van der Waals surface area contributed by atoms with Crippen LogP contribution in [0.4, 0.5) is 0 Å². The smallest absolute Gasteiger partial charge is 0.274 e. The number of methoxy groups -OCH3 is 1. The molecule has 3 aromatic rings. The number of aromatic nitrogens is 4. The van der Waals surface area contributed by atoms with Crippen LogP contribution in [0, 0.1) is 6.92 Å². The van der Waals surface area contributed by atoms with E-state index in [0.29, 0.717) is 18.8 Å². The van der Waals surface area contributed by atoms with Gasteiger partial charge in [0, 0.05) is 26.3 Å². The lowest BCUT2D eigenvalue weighted by molar-refractivity contribution is 0.0547. The van der Waals surface area contributed by atoms with Gasteiger partial charge in [0.1, 0.15) is 11.5 Å². The van der Waals surface area contributed by atoms with Gasteiger partial charge in [-0.05, 0) is 50.8 Å². The molecule has 7 heteroatoms. The first-order chi connectivity index (χ1) is 13.7. The van der Waals surface area contributed by atoms with E-state index in [1.54, 1.807) is 7.11 Å². The van der Waals surface area contributed by atoms with E-state index in [9.17, 15) is 4.79 Å². The second-order valence-electron chi connectivity index (χ2n) is 7.44. The normalized spacial score (nSPS) is 17.4. The third-order valence-corrected chi connectivity index (χ3v) is 5.57. The van der Waals surface area contributed by atoms with Gasteiger partial charge in [-0.25, -0.2) is 4.98 Å². The van der Waals surface area contributed by atoms with Gasteiger partial charge < -0.3 is 14.2 Å². The van der Waals surface area contributed by atoms with Gasteiger partial charge in [-0.2, -0.15) is 5.10 Å². The summed E-state index contributed by atoms with van der Waals surface area (Å²) in [5, 5.41) is 7.36. The van der Waals surface area contributed by atoms with E-state index in [1.807, 2.05) is 36.1 Å². The van der Waals surface area contributed by atoms with Crippen LogP contribution < -0.4 is 0 Å². The van der Waals surface area contributed by atoms with Crippen LogP contribution in [-0.4, -0.2) is 56.9 Å². The summed E-state index contributed by atoms with van der Waals surface area (Å²) in [6, 6.07) is 10.2. The number of piperidine rings is 1. The fourth-order valence-electron chi connectivity index (χ4n) is 4.09. The van der Waals surface area contributed by atoms with Crippen molar-refractivity contribution < 1.29 is 9.53 Å². The molecule has 0 aliphatic carbocycles. The van der Waals surface area contributed by atoms with Gasteiger partial charge in [-0.15, -0.1) is 0 Å². The molecule has 28 heavy (non-hydrogen) atoms. The number of aromatic amines is 1. The van der Waals surface area contributed by atoms with E-state index in [4.69, 9.17) is 4.74 Å². The highest BCUT2D eigenvalue weighted by molar-refractivity contribution is 5.92. The maximum Gasteiger partial charge on any atom is 0.274 e. The number of nitrogens with zero attached hydrogens (tertiary/aromatic N) is 4. The van der Waals surface area contributed by atoms with Gasteiger partial charge in [0.2, 0.25) is 0 Å². The number of hydrogen-bond donors (Lipinski definition) is 1. The minimum absolute atomic E-state index is 0.00974. The topological polar surface area (TPSA) is 76.0 Å². The molecule has 1 aromatic carbocycles. The van der Waals surface area contributed by atoms with Gasteiger partial charge in [0.25, 0.3) is 5.91 Å². The number of likely N-dealkylation sites (tertiary alicyclic amines) is 1. The molecule has 0 spiro atoms. The number of para-hydroxylation sites is 2. The Kier molecular flexibility index (Phi) is 5.43. The zero-order valence-corrected chi connectivity index (χ0v) is 16.5. The Morgan fingerprint density at radius 2 is 2.18 bits per heavy atom. The van der Waals surface area contributed by atoms with Gasteiger partial charge in [0.05, 0.1) is 23.3 Å². The summed E-state index contributed by atoms with van der Waals surface area (Å²) in [6.45, 7) is 4.07. The minimum Gasteiger partial charge on any atom is -0.385 e. The zero-order chi connectivity index (χ0) is 19.5. The lowest BCUT2D eigenvalue weighted by Gasteiger charge is -2.35. The van der Waals surface area contributed by atoms with Crippen LogP contribution in [0.3, 0.4) is 0 Å². The van der Waals surface area contributed by atoms with Crippen molar-refractivity contribution in [3.63, 3.8) is 0 Å². The summed E-state index contributed by atoms with van der Waals surface area (Å²) in [5.41, 5.74) is 3.45. The van der Waals surface area contributed by atoms with Crippen LogP contribution >= 0.6 is 0 Å². The number of carbonyl (C=O) groups excluding carboxylic acids is 1. The molecule has 1 amide bonds. The second-order valence-corrected chi connectivity index (χ2v) is 7.44. The summed E-state index contributed by atoms with van der Waals surface area (Å²) in [4.78, 5) is 19.6. The zero-order valence-electron chi connectivity index (χ0n) is 16.5. The number of hydrogen-bond acceptors (Lipinski definition) is 4. The van der Waals surface area contributed by atoms with Gasteiger partial charge >= 0.3 is 0 Å². The van der Waals surface area contributed by atoms with Crippen molar-refractivity contribution in [2.75, 3.05) is 20.3 Å². The molecule has 7 nitrogen and oxygen atoms in total. The lowest BCUT2D eigenvalue weighted by atomic mass is 9.99. The molecule has 1 fully saturated rings. The molecule has 1 aliphatic heterocycles. The highest BCUT2D eigenvalue weighted by Gasteiger charge is 2.28. The van der Waals surface area contributed by atoms with Crippen molar-refractivity contribution in [1.82, 2.24) is 24.6 Å². The summed E-state index contributed by atoms with van der Waals surface area (Å²) in [5.74, 6) is 0.954. The Labute approximate surface area is 164 Å². The largest absolute Gasteiger partial charge is 0.385 e. The Hall–Kier alpha value is -2.67. The van der Waals surface area contributed by atoms with Crippen LogP contribution in [0.2, 0.25) is 0 Å². The number of amides is 1. The maximum absolute atomic E-state index is 13.1. The molecule has 1 N–H and O–H groups in total. The SMILES string of the molecule is COCCC1CCCCN1C(=O)c1cc(Cn2c(C)nc3ccccc32)[nH]n1. The van der Waals surface area contributed by atoms with Crippen LogP contribution in [0.15, 0.2) is 30.3 Å². The first-order valence-corrected chi connectivity index (χ1v) is 9.93. The molecule has 1 atom stereocenters. The molecule has 0 radical (unpaired) electrons. The van der Waals surface area contributed by atoms with E-state index in [1.165, 1.54) is 0 Å². The molecule has 148 valence electrons. The highest BCUT2D eigenvalue weighted by Crippen LogP contribution is 2.22. The third-order valence-electron chi connectivity index (χ3n) is 5.57. The quantitative estimate of drug-likeness (QED) is 0.712. The Bertz CT molecular complexity index is 961. The highest BCUT2D eigenvalue weighted by atomic mass is 16.5. The fraction of sp³-hybridized carbons (Fsp3) is 0.476. The fourth-order valence-corrected chi connectivity index (χ4v) is 4.09. The van der Waals surface area contributed by atoms with Crippen molar-refractivity contribution in [2.45, 2.75) is 45.2 Å². The number of imidazole rings is 1. The molecular weight excluding hydrogens is 354 g/mol. The summed E-state index contributed by atoms with van der Waals surface area (Å²) in [7, 11) is 1.71. The number of fused-ring (bicyclic) bond motifs is 1. The number of nitrogens with one attached hydrogen (secondary N) is 1. The van der Waals surface area contributed by atoms with Crippen molar-refractivity contribution >= 4 is 16.9 Å². The summed E-state index contributed by atoms with van der Waals surface area (Å²) in [6.07, 6.45) is 4.12. The lowest BCUT2D eigenvalue weighted by Crippen LogP contribution is -2.44. The number of benzene rings is 1. The number of ether oxygens (including phenoxy) is 1. The van der Waals surface area contributed by atoms with Crippen molar-refractivity contribution in [1.29, 1.82) is 0 Å². The number of H-pyrrole nitrogens is 1. The monoisotopic (exact) mass is 381 g/mol. The molecule has 0 saturated carbocycles. The first kappa shape index (κ1) is 18.7. The van der Waals surface area contributed by atoms with Crippen molar-refractivity contribution in [3.8, 4) is 0 Å². The standard InChI is InChI=1S/C21H27N5O2/c1-15-22-18-8-3-4-9-20(18)26(15)14-16-13-19(24-23-16)21(27)25-11-6-5-7-17(25)10-12-28-2/h3-4,8-9,13,17H,5-7,10-12,14H2,1-2H3,(H,23,24). The summed E-state index contributed by atoms with van der Waals surface area (Å²) >= 11 is 0. The molecule has 3 heterocycles. The Morgan fingerprint density at radius 1 is 1.32 bits per heavy atom. The number of aryl methyl sites for hydroxylation is 1. The van der Waals surface area contributed by atoms with Crippen LogP contribution in [0.25, 0.3) is 11.0 Å². The van der Waals surface area contributed by atoms with Crippen molar-refractivity contribution in [2.24, 2.45) is 0 Å². The van der Waals surface area contributed by atoms with E-state index >= 15 is 0 Å². The van der Waals surface area contributed by atoms with Crippen LogP contribution in [-0.2, 0) is 11.3 Å². The molecular formula is C21H27N5O2. The van der Waals surface area contributed by atoms with Crippen molar-refractivity contribution in [3.05, 3.63) is 47.5 Å². The van der Waals surface area contributed by atoms with E-state index in [0.717, 1.165) is 54.8 Å². The minimum atomic E-state index is 0.00974. The van der Waals surface area contributed by atoms with E-state index in [-0.39, 0.29) is 11.9 Å². The predicted molar refractivity (Wildman–Crippen MR) is 107 cm³/mol. The molecule has 1 aliphatic rings. The molecule has 2 aromatic heterocycles. The van der Waals surface area contributed by atoms with E-state index < -0.39 is 0 Å². The number of carbonyl (C=O) groups is 1. The predicted octanol–water partition coefficient (Wildman–Crippen LogP) is 3.15. The van der Waals surface area contributed by atoms with E-state index in [2.05, 4.69) is 25.8 Å². The van der Waals surface area contributed by atoms with Crippen LogP contribution in [0.5, 0.6) is 0 Å². The van der Waals surface area contributed by atoms with Gasteiger partial charge in [0.15, 0.2) is 0 Å². The average molecular weight is 381 g/mol. The number of rotatable bonds is 6. The van der Waals surface area contributed by atoms with Crippen LogP contribution in [0.1, 0.15) is 47.7 Å². The van der Waals surface area contributed by atoms with Gasteiger partial charge in [-0.1, -0.05) is 12.1 Å². The molecule has 0 bridgehead atoms. The average Bonchev–Trinajstić information content (AvgIpc) is 3.31. The van der Waals surface area contributed by atoms with Gasteiger partial charge in [-0.3, -0.25) is 9.89 Å².